The van der Waals surface area contributed by atoms with Crippen molar-refractivity contribution in [2.24, 2.45) is 5.92 Å². The number of ether oxygens (including phenoxy) is 1. The van der Waals surface area contributed by atoms with Crippen molar-refractivity contribution in [3.63, 3.8) is 0 Å². The summed E-state index contributed by atoms with van der Waals surface area (Å²) in [4.78, 5) is 4.11. The Hall–Kier alpha value is -2.27. The second kappa shape index (κ2) is 9.77. The van der Waals surface area contributed by atoms with E-state index in [1.807, 2.05) is 11.8 Å². The van der Waals surface area contributed by atoms with Crippen LogP contribution < -0.4 is 10.1 Å². The first-order valence-electron chi connectivity index (χ1n) is 12.7. The molecule has 0 radical (unpaired) electrons. The highest BCUT2D eigenvalue weighted by atomic mass is 32.2. The average molecular weight is 471 g/mol. The van der Waals surface area contributed by atoms with Crippen LogP contribution in [-0.2, 0) is 13.0 Å². The molecule has 3 fully saturated rings. The van der Waals surface area contributed by atoms with Crippen LogP contribution in [0.25, 0.3) is 0 Å². The molecule has 4 heterocycles. The van der Waals surface area contributed by atoms with E-state index in [0.29, 0.717) is 18.0 Å². The Morgan fingerprint density at radius 1 is 0.971 bits per heavy atom. The fraction of sp³-hybridized carbons (Fsp3) is 0.400. The first-order chi connectivity index (χ1) is 16.8. The third-order valence-corrected chi connectivity index (χ3v) is 8.84. The first-order valence-corrected chi connectivity index (χ1v) is 13.9. The zero-order chi connectivity index (χ0) is 22.9. The molecular weight excluding hydrogens is 436 g/mol. The van der Waals surface area contributed by atoms with Crippen molar-refractivity contribution in [3.05, 3.63) is 95.1 Å². The average Bonchev–Trinajstić information content (AvgIpc) is 3.39. The van der Waals surface area contributed by atoms with Crippen LogP contribution in [0.1, 0.15) is 41.0 Å². The van der Waals surface area contributed by atoms with Crippen molar-refractivity contribution in [2.75, 3.05) is 26.0 Å². The molecule has 0 aromatic heterocycles. The zero-order valence-electron chi connectivity index (χ0n) is 20.0. The van der Waals surface area contributed by atoms with Crippen LogP contribution in [0.3, 0.4) is 0 Å². The Bertz CT molecular complexity index is 1070. The first kappa shape index (κ1) is 22.2. The quantitative estimate of drug-likeness (QED) is 0.446. The highest BCUT2D eigenvalue weighted by Gasteiger charge is 2.46. The van der Waals surface area contributed by atoms with E-state index in [9.17, 15) is 0 Å². The lowest BCUT2D eigenvalue weighted by atomic mass is 9.70. The van der Waals surface area contributed by atoms with E-state index in [-0.39, 0.29) is 0 Å². The number of piperidine rings is 3. The summed E-state index contributed by atoms with van der Waals surface area (Å²) in [5.41, 5.74) is 5.55. The number of fused-ring (bicyclic) bond motifs is 4. The van der Waals surface area contributed by atoms with Gasteiger partial charge in [-0.05, 0) is 66.9 Å². The van der Waals surface area contributed by atoms with Gasteiger partial charge >= 0.3 is 0 Å². The number of hydrogen-bond acceptors (Lipinski definition) is 4. The van der Waals surface area contributed by atoms with Crippen LogP contribution >= 0.6 is 11.8 Å². The fourth-order valence-electron chi connectivity index (χ4n) is 6.53. The predicted octanol–water partition coefficient (Wildman–Crippen LogP) is 5.73. The summed E-state index contributed by atoms with van der Waals surface area (Å²) in [6.45, 7) is 4.11. The third kappa shape index (κ3) is 4.17. The van der Waals surface area contributed by atoms with Crippen molar-refractivity contribution in [1.29, 1.82) is 0 Å². The standard InChI is InChI=1S/C30H34N2OS/c1-34-26-18-24-14-17-33-30(24)25(19-26)20-31-28-23-12-15-32(16-13-23)29(28)27(21-8-4-2-5-9-21)22-10-6-3-7-11-22/h2-11,18-19,23,27-29,31H,12-17,20H2,1H3. The van der Waals surface area contributed by atoms with Crippen LogP contribution in [0.2, 0.25) is 0 Å². The molecular formula is C30H34N2OS. The lowest BCUT2D eigenvalue weighted by Crippen LogP contribution is -2.64. The largest absolute Gasteiger partial charge is 0.493 e. The molecule has 3 aromatic carbocycles. The molecule has 1 N–H and O–H groups in total. The van der Waals surface area contributed by atoms with Gasteiger partial charge in [0.05, 0.1) is 6.61 Å². The zero-order valence-corrected chi connectivity index (χ0v) is 20.8. The van der Waals surface area contributed by atoms with E-state index >= 15 is 0 Å². The second-order valence-corrected chi connectivity index (χ2v) is 10.8. The number of rotatable bonds is 7. The maximum Gasteiger partial charge on any atom is 0.127 e. The molecule has 176 valence electrons. The molecule has 2 unspecified atom stereocenters. The summed E-state index contributed by atoms with van der Waals surface area (Å²) in [6.07, 6.45) is 5.79. The molecule has 0 aliphatic carbocycles. The SMILES string of the molecule is CSc1cc2c(c(CNC3C4CCN(CC4)C3C(c3ccccc3)c3ccccc3)c1)OCC2. The Labute approximate surface area is 207 Å². The Kier molecular flexibility index (Phi) is 6.38. The molecule has 4 aliphatic rings. The van der Waals surface area contributed by atoms with E-state index in [0.717, 1.165) is 31.2 Å². The molecule has 4 aliphatic heterocycles. The predicted molar refractivity (Wildman–Crippen MR) is 141 cm³/mol. The maximum absolute atomic E-state index is 6.08. The van der Waals surface area contributed by atoms with Gasteiger partial charge in [0, 0.05) is 41.4 Å². The molecule has 7 rings (SSSR count). The van der Waals surface area contributed by atoms with Gasteiger partial charge in [0.2, 0.25) is 0 Å². The van der Waals surface area contributed by atoms with Crippen LogP contribution in [0.15, 0.2) is 77.7 Å². The molecule has 3 aromatic rings. The van der Waals surface area contributed by atoms with Gasteiger partial charge in [-0.1, -0.05) is 60.7 Å². The van der Waals surface area contributed by atoms with Gasteiger partial charge in [-0.25, -0.2) is 0 Å². The van der Waals surface area contributed by atoms with E-state index in [1.54, 1.807) is 0 Å². The van der Waals surface area contributed by atoms with Gasteiger partial charge in [0.15, 0.2) is 0 Å². The van der Waals surface area contributed by atoms with Crippen LogP contribution in [-0.4, -0.2) is 42.9 Å². The van der Waals surface area contributed by atoms with Crippen molar-refractivity contribution in [2.45, 2.75) is 48.7 Å². The summed E-state index contributed by atoms with van der Waals surface area (Å²) in [5.74, 6) is 2.22. The number of nitrogens with zero attached hydrogens (tertiary/aromatic N) is 1. The molecule has 2 bridgehead atoms. The van der Waals surface area contributed by atoms with Crippen molar-refractivity contribution in [1.82, 2.24) is 10.2 Å². The Morgan fingerprint density at radius 3 is 2.29 bits per heavy atom. The van der Waals surface area contributed by atoms with Gasteiger partial charge in [0.25, 0.3) is 0 Å². The highest BCUT2D eigenvalue weighted by molar-refractivity contribution is 7.98. The lowest BCUT2D eigenvalue weighted by molar-refractivity contribution is 0.00461. The third-order valence-electron chi connectivity index (χ3n) is 8.13. The minimum atomic E-state index is 0.363. The number of thioether (sulfide) groups is 1. The molecule has 4 heteroatoms. The summed E-state index contributed by atoms with van der Waals surface area (Å²) < 4.78 is 6.08. The smallest absolute Gasteiger partial charge is 0.127 e. The van der Waals surface area contributed by atoms with Crippen molar-refractivity contribution >= 4 is 11.8 Å². The van der Waals surface area contributed by atoms with Crippen LogP contribution in [0, 0.1) is 5.92 Å². The molecule has 3 saturated heterocycles. The van der Waals surface area contributed by atoms with E-state index in [1.165, 1.54) is 53.1 Å². The van der Waals surface area contributed by atoms with E-state index < -0.39 is 0 Å². The molecule has 0 spiro atoms. The lowest BCUT2D eigenvalue weighted by Gasteiger charge is -2.54. The highest BCUT2D eigenvalue weighted by Crippen LogP contribution is 2.42. The number of nitrogens with one attached hydrogen (secondary N) is 1. The van der Waals surface area contributed by atoms with Gasteiger partial charge in [-0.2, -0.15) is 0 Å². The molecule has 2 atom stereocenters. The van der Waals surface area contributed by atoms with Crippen molar-refractivity contribution < 1.29 is 4.74 Å². The minimum absolute atomic E-state index is 0.363. The number of benzene rings is 3. The second-order valence-electron chi connectivity index (χ2n) is 9.94. The van der Waals surface area contributed by atoms with E-state index in [4.69, 9.17) is 4.74 Å². The van der Waals surface area contributed by atoms with Gasteiger partial charge in [-0.3, -0.25) is 4.90 Å². The van der Waals surface area contributed by atoms with E-state index in [2.05, 4.69) is 89.3 Å². The summed E-state index contributed by atoms with van der Waals surface area (Å²) >= 11 is 1.83. The van der Waals surface area contributed by atoms with Gasteiger partial charge in [-0.15, -0.1) is 11.8 Å². The van der Waals surface area contributed by atoms with Crippen molar-refractivity contribution in [3.8, 4) is 5.75 Å². The molecule has 0 amide bonds. The summed E-state index contributed by atoms with van der Waals surface area (Å²) in [5, 5.41) is 4.09. The molecule has 0 saturated carbocycles. The fourth-order valence-corrected chi connectivity index (χ4v) is 7.05. The monoisotopic (exact) mass is 470 g/mol. The Balaban J connectivity index is 1.34. The summed E-state index contributed by atoms with van der Waals surface area (Å²) in [6, 6.07) is 27.9. The van der Waals surface area contributed by atoms with Crippen LogP contribution in [0.4, 0.5) is 0 Å². The van der Waals surface area contributed by atoms with Gasteiger partial charge < -0.3 is 10.1 Å². The molecule has 34 heavy (non-hydrogen) atoms. The maximum atomic E-state index is 6.08. The minimum Gasteiger partial charge on any atom is -0.493 e. The Morgan fingerprint density at radius 2 is 1.65 bits per heavy atom. The number of hydrogen-bond donors (Lipinski definition) is 1. The van der Waals surface area contributed by atoms with Crippen LogP contribution in [0.5, 0.6) is 5.75 Å². The normalized spacial score (nSPS) is 25.4. The summed E-state index contributed by atoms with van der Waals surface area (Å²) in [7, 11) is 0. The van der Waals surface area contributed by atoms with Gasteiger partial charge in [0.1, 0.15) is 5.75 Å². The topological polar surface area (TPSA) is 24.5 Å². The molecule has 3 nitrogen and oxygen atoms in total.